The summed E-state index contributed by atoms with van der Waals surface area (Å²) in [7, 11) is 4.82. The van der Waals surface area contributed by atoms with Gasteiger partial charge < -0.3 is 19.3 Å². The monoisotopic (exact) mass is 294 g/mol. The Bertz CT molecular complexity index is 510. The van der Waals surface area contributed by atoms with Crippen molar-refractivity contribution in [3.8, 4) is 5.75 Å². The van der Waals surface area contributed by atoms with E-state index in [1.807, 2.05) is 38.1 Å². The second kappa shape index (κ2) is 6.50. The maximum Gasteiger partial charge on any atom is 0.131 e. The highest BCUT2D eigenvalue weighted by molar-refractivity contribution is 5.67. The van der Waals surface area contributed by atoms with Crippen LogP contribution in [0.5, 0.6) is 5.75 Å². The molecule has 0 spiro atoms. The van der Waals surface area contributed by atoms with Crippen molar-refractivity contribution in [2.24, 2.45) is 0 Å². The number of hydrogen-bond acceptors (Lipinski definition) is 4. The zero-order valence-electron chi connectivity index (χ0n) is 14.0. The number of methoxy groups -OCH3 is 3. The van der Waals surface area contributed by atoms with Crippen LogP contribution in [0.4, 0.5) is 0 Å². The van der Waals surface area contributed by atoms with Crippen LogP contribution in [0.2, 0.25) is 0 Å². The first-order chi connectivity index (χ1) is 9.67. The minimum Gasteiger partial charge on any atom is -0.497 e. The van der Waals surface area contributed by atoms with E-state index >= 15 is 0 Å². The van der Waals surface area contributed by atoms with E-state index in [4.69, 9.17) is 14.2 Å². The average molecular weight is 294 g/mol. The summed E-state index contributed by atoms with van der Waals surface area (Å²) < 4.78 is 16.4. The molecular weight excluding hydrogens is 268 g/mol. The normalized spacial score (nSPS) is 13.7. The Morgan fingerprint density at radius 1 is 1.05 bits per heavy atom. The lowest BCUT2D eigenvalue weighted by molar-refractivity contribution is 0.00674. The summed E-state index contributed by atoms with van der Waals surface area (Å²) >= 11 is 0. The molecule has 118 valence electrons. The Balaban J connectivity index is 3.60. The van der Waals surface area contributed by atoms with Crippen LogP contribution >= 0.6 is 0 Å². The lowest BCUT2D eigenvalue weighted by atomic mass is 9.82. The van der Waals surface area contributed by atoms with Gasteiger partial charge in [0.15, 0.2) is 0 Å². The number of aliphatic hydroxyl groups is 1. The minimum atomic E-state index is -1.09. The minimum absolute atomic E-state index is 0.591. The average Bonchev–Trinajstić information content (AvgIpc) is 2.43. The maximum absolute atomic E-state index is 10.6. The molecule has 0 aliphatic rings. The lowest BCUT2D eigenvalue weighted by Crippen LogP contribution is -2.39. The number of benzene rings is 1. The molecule has 1 aromatic rings. The van der Waals surface area contributed by atoms with E-state index in [2.05, 4.69) is 0 Å². The number of ether oxygens (including phenoxy) is 3. The van der Waals surface area contributed by atoms with Crippen LogP contribution in [0.15, 0.2) is 29.8 Å². The van der Waals surface area contributed by atoms with Crippen LogP contribution in [0, 0.1) is 0 Å². The molecule has 21 heavy (non-hydrogen) atoms. The van der Waals surface area contributed by atoms with Gasteiger partial charge >= 0.3 is 0 Å². The standard InChI is InChI=1S/C17H26O4/c1-16(2,18)15(17(3,4)21-7)14(20-6)12-9-8-10-13(11-12)19-5/h8-11,18H,1-7H3. The molecule has 0 atom stereocenters. The SMILES string of the molecule is COC(=C(C(C)(C)O)C(C)(C)OC)c1cccc(OC)c1. The second-order valence-corrected chi connectivity index (χ2v) is 5.91. The van der Waals surface area contributed by atoms with Crippen molar-refractivity contribution in [2.75, 3.05) is 21.3 Å². The van der Waals surface area contributed by atoms with Crippen molar-refractivity contribution in [1.29, 1.82) is 0 Å². The molecule has 0 aromatic heterocycles. The van der Waals surface area contributed by atoms with Gasteiger partial charge in [0.2, 0.25) is 0 Å². The van der Waals surface area contributed by atoms with E-state index in [9.17, 15) is 5.11 Å². The van der Waals surface area contributed by atoms with Crippen LogP contribution in [-0.4, -0.2) is 37.6 Å². The molecule has 1 N–H and O–H groups in total. The van der Waals surface area contributed by atoms with Gasteiger partial charge in [-0.05, 0) is 39.8 Å². The van der Waals surface area contributed by atoms with Crippen LogP contribution < -0.4 is 4.74 Å². The van der Waals surface area contributed by atoms with Gasteiger partial charge in [-0.25, -0.2) is 0 Å². The van der Waals surface area contributed by atoms with Gasteiger partial charge in [0.1, 0.15) is 11.5 Å². The molecule has 0 saturated heterocycles. The molecule has 0 amide bonds. The van der Waals surface area contributed by atoms with Crippen LogP contribution in [0.3, 0.4) is 0 Å². The molecule has 0 aliphatic carbocycles. The van der Waals surface area contributed by atoms with Crippen LogP contribution in [0.1, 0.15) is 33.3 Å². The molecule has 0 saturated carbocycles. The lowest BCUT2D eigenvalue weighted by Gasteiger charge is -2.36. The largest absolute Gasteiger partial charge is 0.497 e. The summed E-state index contributed by atoms with van der Waals surface area (Å²) in [5.41, 5.74) is -0.256. The molecule has 0 heterocycles. The van der Waals surface area contributed by atoms with Crippen molar-refractivity contribution in [2.45, 2.75) is 38.9 Å². The Morgan fingerprint density at radius 2 is 1.67 bits per heavy atom. The van der Waals surface area contributed by atoms with Crippen LogP contribution in [-0.2, 0) is 9.47 Å². The molecule has 1 rings (SSSR count). The van der Waals surface area contributed by atoms with E-state index in [1.54, 1.807) is 35.2 Å². The molecule has 0 aliphatic heterocycles. The van der Waals surface area contributed by atoms with Gasteiger partial charge in [-0.3, -0.25) is 0 Å². The molecule has 0 bridgehead atoms. The van der Waals surface area contributed by atoms with Crippen molar-refractivity contribution in [3.05, 3.63) is 35.4 Å². The van der Waals surface area contributed by atoms with E-state index in [0.29, 0.717) is 11.3 Å². The highest BCUT2D eigenvalue weighted by Crippen LogP contribution is 2.37. The summed E-state index contributed by atoms with van der Waals surface area (Å²) in [5, 5.41) is 10.6. The Labute approximate surface area is 127 Å². The topological polar surface area (TPSA) is 47.9 Å². The highest BCUT2D eigenvalue weighted by atomic mass is 16.5. The Morgan fingerprint density at radius 3 is 2.10 bits per heavy atom. The van der Waals surface area contributed by atoms with Crippen molar-refractivity contribution in [1.82, 2.24) is 0 Å². The predicted molar refractivity (Wildman–Crippen MR) is 84.3 cm³/mol. The van der Waals surface area contributed by atoms with Gasteiger partial charge in [0.05, 0.1) is 25.4 Å². The Hall–Kier alpha value is -1.52. The van der Waals surface area contributed by atoms with Gasteiger partial charge in [-0.15, -0.1) is 0 Å². The zero-order valence-corrected chi connectivity index (χ0v) is 14.0. The predicted octanol–water partition coefficient (Wildman–Crippen LogP) is 3.25. The second-order valence-electron chi connectivity index (χ2n) is 5.91. The summed E-state index contributed by atoms with van der Waals surface area (Å²) in [5.74, 6) is 1.32. The quantitative estimate of drug-likeness (QED) is 0.818. The van der Waals surface area contributed by atoms with E-state index in [0.717, 1.165) is 11.3 Å². The maximum atomic E-state index is 10.6. The molecule has 0 radical (unpaired) electrons. The summed E-state index contributed by atoms with van der Waals surface area (Å²) in [6, 6.07) is 7.53. The molecule has 0 unspecified atom stereocenters. The first-order valence-electron chi connectivity index (χ1n) is 6.88. The Kier molecular flexibility index (Phi) is 5.42. The fourth-order valence-corrected chi connectivity index (χ4v) is 2.52. The molecule has 4 nitrogen and oxygen atoms in total. The third-order valence-corrected chi connectivity index (χ3v) is 3.49. The van der Waals surface area contributed by atoms with E-state index in [-0.39, 0.29) is 0 Å². The zero-order chi connectivity index (χ0) is 16.3. The molecule has 1 aromatic carbocycles. The van der Waals surface area contributed by atoms with Gasteiger partial charge in [-0.2, -0.15) is 0 Å². The van der Waals surface area contributed by atoms with Crippen molar-refractivity contribution < 1.29 is 19.3 Å². The highest BCUT2D eigenvalue weighted by Gasteiger charge is 2.37. The molecular formula is C17H26O4. The summed E-state index contributed by atoms with van der Waals surface area (Å²) in [6.45, 7) is 7.25. The third-order valence-electron chi connectivity index (χ3n) is 3.49. The smallest absolute Gasteiger partial charge is 0.131 e. The summed E-state index contributed by atoms with van der Waals surface area (Å²) in [6.07, 6.45) is 0. The number of rotatable bonds is 6. The van der Waals surface area contributed by atoms with Gasteiger partial charge in [0.25, 0.3) is 0 Å². The van der Waals surface area contributed by atoms with E-state index in [1.165, 1.54) is 0 Å². The number of hydrogen-bond donors (Lipinski definition) is 1. The third kappa shape index (κ3) is 3.99. The van der Waals surface area contributed by atoms with Gasteiger partial charge in [-0.1, -0.05) is 12.1 Å². The van der Waals surface area contributed by atoms with Crippen molar-refractivity contribution >= 4 is 5.76 Å². The molecule has 0 fully saturated rings. The fraction of sp³-hybridized carbons (Fsp3) is 0.529. The van der Waals surface area contributed by atoms with E-state index < -0.39 is 11.2 Å². The molecule has 4 heteroatoms. The first-order valence-corrected chi connectivity index (χ1v) is 6.88. The van der Waals surface area contributed by atoms with Crippen LogP contribution in [0.25, 0.3) is 5.76 Å². The van der Waals surface area contributed by atoms with Crippen molar-refractivity contribution in [3.63, 3.8) is 0 Å². The first kappa shape index (κ1) is 17.5. The summed E-state index contributed by atoms with van der Waals surface area (Å²) in [4.78, 5) is 0. The fourth-order valence-electron chi connectivity index (χ4n) is 2.52. The van der Waals surface area contributed by atoms with Gasteiger partial charge in [0, 0.05) is 18.2 Å².